The fourth-order valence-corrected chi connectivity index (χ4v) is 4.33. The molecule has 0 fully saturated rings. The van der Waals surface area contributed by atoms with Gasteiger partial charge in [0, 0.05) is 23.7 Å². The van der Waals surface area contributed by atoms with E-state index in [0.29, 0.717) is 12.1 Å². The second kappa shape index (κ2) is 6.17. The topological polar surface area (TPSA) is 63.4 Å². The minimum atomic E-state index is -3.50. The average Bonchev–Trinajstić information content (AvgIpc) is 2.93. The van der Waals surface area contributed by atoms with Crippen LogP contribution in [0.25, 0.3) is 0 Å². The Morgan fingerprint density at radius 3 is 2.62 bits per heavy atom. The minimum absolute atomic E-state index is 0.105. The number of aryl methyl sites for hydroxylation is 1. The van der Waals surface area contributed by atoms with Crippen molar-refractivity contribution in [2.45, 2.75) is 31.2 Å². The van der Waals surface area contributed by atoms with Crippen molar-refractivity contribution >= 4 is 27.0 Å². The molecule has 1 heterocycles. The minimum Gasteiger partial charge on any atom is -0.399 e. The fraction of sp³-hybridized carbons (Fsp3) is 0.333. The SMILES string of the molecule is Cc1cc(S(=O)(=O)N(C)C(C)Cc2cccs2)ccc1N. The third-order valence-corrected chi connectivity index (χ3v) is 6.48. The number of thiophene rings is 1. The number of sulfonamides is 1. The highest BCUT2D eigenvalue weighted by Crippen LogP contribution is 2.22. The lowest BCUT2D eigenvalue weighted by Gasteiger charge is -2.24. The van der Waals surface area contributed by atoms with E-state index in [2.05, 4.69) is 0 Å². The average molecular weight is 324 g/mol. The number of nitrogens with zero attached hydrogens (tertiary/aromatic N) is 1. The maximum absolute atomic E-state index is 12.7. The monoisotopic (exact) mass is 324 g/mol. The molecule has 2 aromatic rings. The smallest absolute Gasteiger partial charge is 0.243 e. The molecule has 1 atom stereocenters. The molecule has 0 saturated carbocycles. The molecule has 0 aliphatic carbocycles. The molecule has 2 rings (SSSR count). The molecule has 0 spiro atoms. The van der Waals surface area contributed by atoms with Gasteiger partial charge in [0.05, 0.1) is 4.90 Å². The molecular weight excluding hydrogens is 304 g/mol. The van der Waals surface area contributed by atoms with Gasteiger partial charge in [0.15, 0.2) is 0 Å². The highest BCUT2D eigenvalue weighted by molar-refractivity contribution is 7.89. The molecule has 0 aliphatic rings. The first-order chi connectivity index (χ1) is 9.82. The summed E-state index contributed by atoms with van der Waals surface area (Å²) in [6.07, 6.45) is 0.710. The first kappa shape index (κ1) is 16.0. The van der Waals surface area contributed by atoms with Gasteiger partial charge in [0.25, 0.3) is 0 Å². The summed E-state index contributed by atoms with van der Waals surface area (Å²) >= 11 is 1.64. The van der Waals surface area contributed by atoms with Crippen LogP contribution in [0.4, 0.5) is 5.69 Å². The lowest BCUT2D eigenvalue weighted by atomic mass is 10.2. The van der Waals surface area contributed by atoms with Crippen molar-refractivity contribution in [2.24, 2.45) is 0 Å². The van der Waals surface area contributed by atoms with Crippen LogP contribution < -0.4 is 5.73 Å². The molecule has 21 heavy (non-hydrogen) atoms. The summed E-state index contributed by atoms with van der Waals surface area (Å²) in [6.45, 7) is 3.73. The molecule has 1 unspecified atom stereocenters. The Kier molecular flexibility index (Phi) is 4.70. The zero-order valence-electron chi connectivity index (χ0n) is 12.4. The summed E-state index contributed by atoms with van der Waals surface area (Å²) in [7, 11) is -1.87. The van der Waals surface area contributed by atoms with E-state index < -0.39 is 10.0 Å². The number of rotatable bonds is 5. The summed E-state index contributed by atoms with van der Waals surface area (Å²) in [5, 5.41) is 2.00. The Hall–Kier alpha value is -1.37. The second-order valence-corrected chi connectivity index (χ2v) is 8.20. The van der Waals surface area contributed by atoms with Crippen LogP contribution in [0.2, 0.25) is 0 Å². The van der Waals surface area contributed by atoms with Crippen molar-refractivity contribution < 1.29 is 8.42 Å². The van der Waals surface area contributed by atoms with Crippen molar-refractivity contribution in [1.82, 2.24) is 4.31 Å². The van der Waals surface area contributed by atoms with Gasteiger partial charge in [-0.2, -0.15) is 4.31 Å². The van der Waals surface area contributed by atoms with Crippen molar-refractivity contribution in [3.05, 3.63) is 46.2 Å². The van der Waals surface area contributed by atoms with E-state index in [1.807, 2.05) is 31.4 Å². The summed E-state index contributed by atoms with van der Waals surface area (Å²) in [4.78, 5) is 1.47. The van der Waals surface area contributed by atoms with Crippen LogP contribution in [-0.4, -0.2) is 25.8 Å². The fourth-order valence-electron chi connectivity index (χ4n) is 2.06. The van der Waals surface area contributed by atoms with Crippen LogP contribution in [0.15, 0.2) is 40.6 Å². The van der Waals surface area contributed by atoms with Gasteiger partial charge in [-0.15, -0.1) is 11.3 Å². The number of nitrogen functional groups attached to an aromatic ring is 1. The first-order valence-corrected chi connectivity index (χ1v) is 9.01. The Balaban J connectivity index is 2.23. The predicted octanol–water partition coefficient (Wildman–Crippen LogP) is 2.89. The first-order valence-electron chi connectivity index (χ1n) is 6.69. The molecular formula is C15H20N2O2S2. The molecule has 0 aliphatic heterocycles. The lowest BCUT2D eigenvalue weighted by molar-refractivity contribution is 0.388. The van der Waals surface area contributed by atoms with Gasteiger partial charge in [-0.3, -0.25) is 0 Å². The second-order valence-electron chi connectivity index (χ2n) is 5.17. The molecule has 4 nitrogen and oxygen atoms in total. The van der Waals surface area contributed by atoms with Gasteiger partial charge in [0.2, 0.25) is 10.0 Å². The number of benzene rings is 1. The number of nitrogens with two attached hydrogens (primary N) is 1. The molecule has 0 bridgehead atoms. The maximum atomic E-state index is 12.7. The quantitative estimate of drug-likeness (QED) is 0.860. The van der Waals surface area contributed by atoms with E-state index in [4.69, 9.17) is 5.73 Å². The molecule has 1 aromatic carbocycles. The Morgan fingerprint density at radius 1 is 1.33 bits per heavy atom. The number of anilines is 1. The van der Waals surface area contributed by atoms with Gasteiger partial charge in [0.1, 0.15) is 0 Å². The standard InChI is InChI=1S/C15H20N2O2S2/c1-11-9-14(6-7-15(11)16)21(18,19)17(3)12(2)10-13-5-4-8-20-13/h4-9,12H,10,16H2,1-3H3. The molecule has 6 heteroatoms. The van der Waals surface area contributed by atoms with Crippen LogP contribution in [0.1, 0.15) is 17.4 Å². The van der Waals surface area contributed by atoms with E-state index >= 15 is 0 Å². The van der Waals surface area contributed by atoms with Crippen LogP contribution >= 0.6 is 11.3 Å². The molecule has 0 radical (unpaired) electrons. The highest BCUT2D eigenvalue weighted by Gasteiger charge is 2.25. The van der Waals surface area contributed by atoms with Gasteiger partial charge in [-0.25, -0.2) is 8.42 Å². The number of hydrogen-bond donors (Lipinski definition) is 1. The Labute approximate surface area is 130 Å². The zero-order chi connectivity index (χ0) is 15.6. The van der Waals surface area contributed by atoms with Crippen molar-refractivity contribution in [1.29, 1.82) is 0 Å². The summed E-state index contributed by atoms with van der Waals surface area (Å²) < 4.78 is 26.7. The number of hydrogen-bond acceptors (Lipinski definition) is 4. The normalized spacial score (nSPS) is 13.5. The van der Waals surface area contributed by atoms with Crippen molar-refractivity contribution in [3.8, 4) is 0 Å². The summed E-state index contributed by atoms with van der Waals surface area (Å²) in [6, 6.07) is 8.72. The molecule has 114 valence electrons. The van der Waals surface area contributed by atoms with E-state index in [9.17, 15) is 8.42 Å². The summed E-state index contributed by atoms with van der Waals surface area (Å²) in [5.74, 6) is 0. The van der Waals surface area contributed by atoms with Crippen LogP contribution in [0.5, 0.6) is 0 Å². The van der Waals surface area contributed by atoms with E-state index in [1.54, 1.807) is 36.6 Å². The third-order valence-electron chi connectivity index (χ3n) is 3.62. The highest BCUT2D eigenvalue weighted by atomic mass is 32.2. The molecule has 0 saturated heterocycles. The lowest BCUT2D eigenvalue weighted by Crippen LogP contribution is -2.36. The van der Waals surface area contributed by atoms with E-state index in [1.165, 1.54) is 9.18 Å². The zero-order valence-corrected chi connectivity index (χ0v) is 14.0. The summed E-state index contributed by atoms with van der Waals surface area (Å²) in [5.41, 5.74) is 7.12. The largest absolute Gasteiger partial charge is 0.399 e. The van der Waals surface area contributed by atoms with Crippen molar-refractivity contribution in [2.75, 3.05) is 12.8 Å². The van der Waals surface area contributed by atoms with Crippen LogP contribution in [-0.2, 0) is 16.4 Å². The van der Waals surface area contributed by atoms with Crippen molar-refractivity contribution in [3.63, 3.8) is 0 Å². The maximum Gasteiger partial charge on any atom is 0.243 e. The molecule has 2 N–H and O–H groups in total. The number of likely N-dealkylation sites (N-methyl/N-ethyl adjacent to an activating group) is 1. The van der Waals surface area contributed by atoms with Crippen LogP contribution in [0, 0.1) is 6.92 Å². The molecule has 1 aromatic heterocycles. The van der Waals surface area contributed by atoms with Gasteiger partial charge >= 0.3 is 0 Å². The van der Waals surface area contributed by atoms with E-state index in [0.717, 1.165) is 5.56 Å². The molecule has 0 amide bonds. The van der Waals surface area contributed by atoms with E-state index in [-0.39, 0.29) is 10.9 Å². The van der Waals surface area contributed by atoms with Gasteiger partial charge < -0.3 is 5.73 Å². The Morgan fingerprint density at radius 2 is 2.05 bits per heavy atom. The van der Waals surface area contributed by atoms with Crippen LogP contribution in [0.3, 0.4) is 0 Å². The van der Waals surface area contributed by atoms with Gasteiger partial charge in [-0.05, 0) is 55.5 Å². The third kappa shape index (κ3) is 3.45. The predicted molar refractivity (Wildman–Crippen MR) is 88.0 cm³/mol. The van der Waals surface area contributed by atoms with Gasteiger partial charge in [-0.1, -0.05) is 6.07 Å². The Bertz CT molecular complexity index is 709.